The lowest BCUT2D eigenvalue weighted by atomic mass is 10.1. The molecular formula is C20H23N3O. The van der Waals surface area contributed by atoms with E-state index in [-0.39, 0.29) is 0 Å². The van der Waals surface area contributed by atoms with Gasteiger partial charge in [-0.15, -0.1) is 0 Å². The van der Waals surface area contributed by atoms with E-state index in [0.717, 1.165) is 35.4 Å². The first-order valence-corrected chi connectivity index (χ1v) is 8.70. The third-order valence-corrected chi connectivity index (χ3v) is 5.05. The van der Waals surface area contributed by atoms with Crippen molar-refractivity contribution in [1.82, 2.24) is 14.3 Å². The van der Waals surface area contributed by atoms with Crippen LogP contribution in [0.5, 0.6) is 5.75 Å². The van der Waals surface area contributed by atoms with E-state index in [1.165, 1.54) is 19.4 Å². The summed E-state index contributed by atoms with van der Waals surface area (Å²) in [6, 6.07) is 12.2. The molecule has 1 fully saturated rings. The van der Waals surface area contributed by atoms with E-state index in [0.29, 0.717) is 11.8 Å². The highest BCUT2D eigenvalue weighted by molar-refractivity contribution is 5.65. The molecule has 0 bridgehead atoms. The number of rotatable bonds is 4. The maximum absolute atomic E-state index is 9.43. The Hall–Kier alpha value is -2.33. The minimum atomic E-state index is 0.292. The molecule has 1 aliphatic heterocycles. The van der Waals surface area contributed by atoms with E-state index in [1.54, 1.807) is 12.1 Å². The number of hydrogen-bond donors (Lipinski definition) is 1. The molecule has 3 aromatic rings. The molecule has 0 saturated carbocycles. The second-order valence-electron chi connectivity index (χ2n) is 6.74. The van der Waals surface area contributed by atoms with Gasteiger partial charge < -0.3 is 14.4 Å². The number of nitrogens with zero attached hydrogens (tertiary/aromatic N) is 3. The molecule has 1 atom stereocenters. The summed E-state index contributed by atoms with van der Waals surface area (Å²) in [5.74, 6) is 0.292. The number of phenolic OH excluding ortho intramolecular Hbond substituents is 1. The highest BCUT2D eigenvalue weighted by Gasteiger charge is 2.19. The molecule has 4 nitrogen and oxygen atoms in total. The number of hydrogen-bond acceptors (Lipinski definition) is 3. The standard InChI is InChI=1S/C20H23N3O/c1-15-3-2-11-22(15)12-10-18-14-23-13-17(6-9-20(23)21-18)16-4-7-19(24)8-5-16/h4-9,13-15,24H,2-3,10-12H2,1H3. The van der Waals surface area contributed by atoms with Crippen LogP contribution in [0.3, 0.4) is 0 Å². The minimum absolute atomic E-state index is 0.292. The van der Waals surface area contributed by atoms with Crippen molar-refractivity contribution in [3.05, 3.63) is 54.5 Å². The fourth-order valence-electron chi connectivity index (χ4n) is 3.57. The first-order valence-electron chi connectivity index (χ1n) is 8.70. The van der Waals surface area contributed by atoms with Crippen molar-refractivity contribution < 1.29 is 5.11 Å². The van der Waals surface area contributed by atoms with Gasteiger partial charge in [0.25, 0.3) is 0 Å². The molecule has 1 unspecified atom stereocenters. The molecule has 0 spiro atoms. The summed E-state index contributed by atoms with van der Waals surface area (Å²) in [6.07, 6.45) is 7.89. The summed E-state index contributed by atoms with van der Waals surface area (Å²) in [5.41, 5.74) is 4.36. The van der Waals surface area contributed by atoms with Gasteiger partial charge in [-0.25, -0.2) is 4.98 Å². The fourth-order valence-corrected chi connectivity index (χ4v) is 3.57. The van der Waals surface area contributed by atoms with Crippen LogP contribution in [0.4, 0.5) is 0 Å². The highest BCUT2D eigenvalue weighted by Crippen LogP contribution is 2.23. The molecule has 0 amide bonds. The van der Waals surface area contributed by atoms with Crippen LogP contribution in [0.25, 0.3) is 16.8 Å². The van der Waals surface area contributed by atoms with Gasteiger partial charge in [0.15, 0.2) is 0 Å². The molecule has 0 radical (unpaired) electrons. The Balaban J connectivity index is 1.53. The van der Waals surface area contributed by atoms with E-state index >= 15 is 0 Å². The van der Waals surface area contributed by atoms with Gasteiger partial charge in [-0.1, -0.05) is 12.1 Å². The Bertz CT molecular complexity index is 838. The predicted molar refractivity (Wildman–Crippen MR) is 96.3 cm³/mol. The van der Waals surface area contributed by atoms with Crippen molar-refractivity contribution in [1.29, 1.82) is 0 Å². The molecule has 24 heavy (non-hydrogen) atoms. The van der Waals surface area contributed by atoms with E-state index in [4.69, 9.17) is 4.98 Å². The quantitative estimate of drug-likeness (QED) is 0.796. The van der Waals surface area contributed by atoms with Crippen LogP contribution in [0.15, 0.2) is 48.8 Å². The average Bonchev–Trinajstić information content (AvgIpc) is 3.18. The molecule has 1 N–H and O–H groups in total. The van der Waals surface area contributed by atoms with Crippen LogP contribution in [-0.4, -0.2) is 38.5 Å². The Labute approximate surface area is 142 Å². The van der Waals surface area contributed by atoms with E-state index in [2.05, 4.69) is 40.8 Å². The molecule has 2 aromatic heterocycles. The highest BCUT2D eigenvalue weighted by atomic mass is 16.3. The summed E-state index contributed by atoms with van der Waals surface area (Å²) in [5, 5.41) is 9.43. The van der Waals surface area contributed by atoms with Crippen LogP contribution >= 0.6 is 0 Å². The Morgan fingerprint density at radius 2 is 1.88 bits per heavy atom. The van der Waals surface area contributed by atoms with Crippen LogP contribution in [-0.2, 0) is 6.42 Å². The Morgan fingerprint density at radius 3 is 2.62 bits per heavy atom. The second kappa shape index (κ2) is 6.29. The van der Waals surface area contributed by atoms with Gasteiger partial charge in [0.2, 0.25) is 0 Å². The van der Waals surface area contributed by atoms with Crippen LogP contribution in [0.1, 0.15) is 25.5 Å². The lowest BCUT2D eigenvalue weighted by Crippen LogP contribution is -2.29. The largest absolute Gasteiger partial charge is 0.508 e. The van der Waals surface area contributed by atoms with E-state index < -0.39 is 0 Å². The molecule has 1 saturated heterocycles. The number of pyridine rings is 1. The molecule has 3 heterocycles. The number of aromatic nitrogens is 2. The van der Waals surface area contributed by atoms with Gasteiger partial charge in [-0.3, -0.25) is 0 Å². The zero-order valence-corrected chi connectivity index (χ0v) is 14.0. The molecule has 1 aliphatic rings. The van der Waals surface area contributed by atoms with Gasteiger partial charge in [-0.2, -0.15) is 0 Å². The summed E-state index contributed by atoms with van der Waals surface area (Å²) in [6.45, 7) is 4.63. The van der Waals surface area contributed by atoms with Gasteiger partial charge in [0.1, 0.15) is 11.4 Å². The lowest BCUT2D eigenvalue weighted by Gasteiger charge is -2.19. The third-order valence-electron chi connectivity index (χ3n) is 5.05. The normalized spacial score (nSPS) is 18.5. The monoisotopic (exact) mass is 321 g/mol. The number of imidazole rings is 1. The van der Waals surface area contributed by atoms with Gasteiger partial charge in [0, 0.05) is 31.4 Å². The van der Waals surface area contributed by atoms with Crippen molar-refractivity contribution in [2.24, 2.45) is 0 Å². The smallest absolute Gasteiger partial charge is 0.137 e. The number of benzene rings is 1. The maximum atomic E-state index is 9.43. The van der Waals surface area contributed by atoms with Gasteiger partial charge in [-0.05, 0) is 61.7 Å². The minimum Gasteiger partial charge on any atom is -0.508 e. The van der Waals surface area contributed by atoms with E-state index in [9.17, 15) is 5.11 Å². The maximum Gasteiger partial charge on any atom is 0.137 e. The zero-order chi connectivity index (χ0) is 16.5. The van der Waals surface area contributed by atoms with E-state index in [1.807, 2.05) is 12.1 Å². The van der Waals surface area contributed by atoms with Crippen molar-refractivity contribution in [2.75, 3.05) is 13.1 Å². The van der Waals surface area contributed by atoms with Gasteiger partial charge in [0.05, 0.1) is 5.69 Å². The predicted octanol–water partition coefficient (Wildman–Crippen LogP) is 3.73. The van der Waals surface area contributed by atoms with Gasteiger partial charge >= 0.3 is 0 Å². The molecule has 4 heteroatoms. The van der Waals surface area contributed by atoms with Crippen LogP contribution in [0.2, 0.25) is 0 Å². The third kappa shape index (κ3) is 3.02. The van der Waals surface area contributed by atoms with Crippen molar-refractivity contribution in [3.8, 4) is 16.9 Å². The summed E-state index contributed by atoms with van der Waals surface area (Å²) in [4.78, 5) is 7.31. The van der Waals surface area contributed by atoms with Crippen molar-refractivity contribution in [3.63, 3.8) is 0 Å². The Kier molecular flexibility index (Phi) is 3.98. The summed E-state index contributed by atoms with van der Waals surface area (Å²) < 4.78 is 2.10. The Morgan fingerprint density at radius 1 is 1.08 bits per heavy atom. The second-order valence-corrected chi connectivity index (χ2v) is 6.74. The van der Waals surface area contributed by atoms with Crippen LogP contribution in [0, 0.1) is 0 Å². The molecular weight excluding hydrogens is 298 g/mol. The molecule has 0 aliphatic carbocycles. The number of likely N-dealkylation sites (tertiary alicyclic amines) is 1. The average molecular weight is 321 g/mol. The molecule has 1 aromatic carbocycles. The first-order chi connectivity index (χ1) is 11.7. The number of phenols is 1. The SMILES string of the molecule is CC1CCCN1CCc1cn2cc(-c3ccc(O)cc3)ccc2n1. The zero-order valence-electron chi connectivity index (χ0n) is 14.0. The van der Waals surface area contributed by atoms with Crippen LogP contribution < -0.4 is 0 Å². The van der Waals surface area contributed by atoms with Crippen molar-refractivity contribution >= 4 is 5.65 Å². The number of fused-ring (bicyclic) bond motifs is 1. The fraction of sp³-hybridized carbons (Fsp3) is 0.350. The molecule has 4 rings (SSSR count). The first kappa shape index (κ1) is 15.2. The summed E-state index contributed by atoms with van der Waals surface area (Å²) in [7, 11) is 0. The lowest BCUT2D eigenvalue weighted by molar-refractivity contribution is 0.271. The van der Waals surface area contributed by atoms with Crippen molar-refractivity contribution in [2.45, 2.75) is 32.2 Å². The topological polar surface area (TPSA) is 40.8 Å². The molecule has 124 valence electrons. The number of aromatic hydroxyl groups is 1. The summed E-state index contributed by atoms with van der Waals surface area (Å²) >= 11 is 0.